The highest BCUT2D eigenvalue weighted by Gasteiger charge is 2.21. The maximum atomic E-state index is 12.1. The molecule has 1 amide bonds. The molecule has 128 valence electrons. The van der Waals surface area contributed by atoms with E-state index in [1.165, 1.54) is 12.1 Å². The number of nitriles is 1. The van der Waals surface area contributed by atoms with Gasteiger partial charge in [-0.3, -0.25) is 4.79 Å². The van der Waals surface area contributed by atoms with Crippen molar-refractivity contribution in [1.29, 1.82) is 5.26 Å². The van der Waals surface area contributed by atoms with Crippen LogP contribution in [0.15, 0.2) is 24.3 Å². The van der Waals surface area contributed by atoms with Crippen LogP contribution in [0.2, 0.25) is 0 Å². The molecule has 1 heterocycles. The first-order valence-electron chi connectivity index (χ1n) is 7.70. The molecule has 1 aliphatic rings. The molecular weight excluding hydrogens is 308 g/mol. The van der Waals surface area contributed by atoms with Gasteiger partial charge >= 0.3 is 0 Å². The molecule has 0 unspecified atom stereocenters. The van der Waals surface area contributed by atoms with Gasteiger partial charge in [-0.1, -0.05) is 6.08 Å². The molecule has 1 atom stereocenters. The van der Waals surface area contributed by atoms with E-state index in [4.69, 9.17) is 20.5 Å². The monoisotopic (exact) mass is 330 g/mol. The highest BCUT2D eigenvalue weighted by atomic mass is 16.5. The van der Waals surface area contributed by atoms with Crippen LogP contribution in [0, 0.1) is 11.3 Å². The summed E-state index contributed by atoms with van der Waals surface area (Å²) in [5, 5.41) is 11.8. The fourth-order valence-electron chi connectivity index (χ4n) is 2.26. The zero-order valence-electron chi connectivity index (χ0n) is 13.9. The minimum absolute atomic E-state index is 0.111. The van der Waals surface area contributed by atoms with Crippen molar-refractivity contribution in [2.45, 2.75) is 12.5 Å². The number of nitrogen functional groups attached to an aromatic ring is 1. The van der Waals surface area contributed by atoms with E-state index in [0.29, 0.717) is 42.4 Å². The average Bonchev–Trinajstić information content (AvgIpc) is 3.03. The van der Waals surface area contributed by atoms with Crippen molar-refractivity contribution in [3.63, 3.8) is 0 Å². The van der Waals surface area contributed by atoms with Crippen LogP contribution in [0.25, 0.3) is 0 Å². The maximum Gasteiger partial charge on any atom is 0.248 e. The van der Waals surface area contributed by atoms with Gasteiger partial charge in [0.05, 0.1) is 36.2 Å². The Hall–Kier alpha value is -2.56. The summed E-state index contributed by atoms with van der Waals surface area (Å²) in [7, 11) is 3.82. The van der Waals surface area contributed by atoms with Gasteiger partial charge in [0.25, 0.3) is 0 Å². The normalized spacial score (nSPS) is 17.2. The number of nitrogens with zero attached hydrogens (tertiary/aromatic N) is 2. The van der Waals surface area contributed by atoms with Crippen molar-refractivity contribution in [2.75, 3.05) is 44.9 Å². The molecular formula is C17H22N4O3. The number of hydrogen-bond donors (Lipinski definition) is 2. The molecule has 1 saturated heterocycles. The van der Waals surface area contributed by atoms with Gasteiger partial charge in [0, 0.05) is 19.0 Å². The summed E-state index contributed by atoms with van der Waals surface area (Å²) in [5.41, 5.74) is 7.06. The largest absolute Gasteiger partial charge is 0.484 e. The summed E-state index contributed by atoms with van der Waals surface area (Å²) in [5.74, 6) is 0.0673. The molecule has 0 spiro atoms. The van der Waals surface area contributed by atoms with Gasteiger partial charge in [-0.2, -0.15) is 5.26 Å². The topological polar surface area (TPSA) is 101 Å². The van der Waals surface area contributed by atoms with Crippen molar-refractivity contribution < 1.29 is 14.3 Å². The number of anilines is 2. The molecule has 24 heavy (non-hydrogen) atoms. The first kappa shape index (κ1) is 17.8. The Balaban J connectivity index is 2.18. The number of nitrogens with one attached hydrogen (secondary N) is 1. The molecule has 2 rings (SSSR count). The first-order valence-corrected chi connectivity index (χ1v) is 7.70. The predicted molar refractivity (Wildman–Crippen MR) is 91.7 cm³/mol. The van der Waals surface area contributed by atoms with Crippen LogP contribution in [-0.4, -0.2) is 50.8 Å². The van der Waals surface area contributed by atoms with Gasteiger partial charge in [-0.15, -0.1) is 0 Å². The van der Waals surface area contributed by atoms with Crippen LogP contribution in [0.3, 0.4) is 0 Å². The number of carbonyl (C=O) groups excluding carboxylic acids is 1. The number of likely N-dealkylation sites (N-methyl/N-ethyl adjacent to an activating group) is 1. The third-order valence-electron chi connectivity index (χ3n) is 3.42. The van der Waals surface area contributed by atoms with E-state index in [1.54, 1.807) is 12.1 Å². The van der Waals surface area contributed by atoms with E-state index in [-0.39, 0.29) is 12.0 Å². The van der Waals surface area contributed by atoms with E-state index < -0.39 is 0 Å². The molecule has 0 aliphatic carbocycles. The molecule has 7 heteroatoms. The fraction of sp³-hybridized carbons (Fsp3) is 0.412. The molecule has 1 aromatic rings. The minimum Gasteiger partial charge on any atom is -0.484 e. The Bertz CT molecular complexity index is 659. The minimum atomic E-state index is -0.307. The third kappa shape index (κ3) is 4.98. The Morgan fingerprint density at radius 1 is 1.58 bits per heavy atom. The zero-order chi connectivity index (χ0) is 17.5. The standard InChI is InChI=1S/C17H22N4O3/c1-21(2)6-3-4-16(22)20-15-9-12(10-18)8-14(19)17(15)24-13-5-7-23-11-13/h3-4,8-9,13H,5-7,11,19H2,1-2H3,(H,20,22)/t13-/m0/s1. The van der Waals surface area contributed by atoms with Crippen molar-refractivity contribution in [3.8, 4) is 11.8 Å². The lowest BCUT2D eigenvalue weighted by Crippen LogP contribution is -2.19. The smallest absolute Gasteiger partial charge is 0.248 e. The number of rotatable bonds is 6. The van der Waals surface area contributed by atoms with Crippen LogP contribution >= 0.6 is 0 Å². The summed E-state index contributed by atoms with van der Waals surface area (Å²) < 4.78 is 11.2. The van der Waals surface area contributed by atoms with Gasteiger partial charge in [0.1, 0.15) is 6.10 Å². The van der Waals surface area contributed by atoms with Crippen LogP contribution in [0.4, 0.5) is 11.4 Å². The number of hydrogen-bond acceptors (Lipinski definition) is 6. The molecule has 7 nitrogen and oxygen atoms in total. The third-order valence-corrected chi connectivity index (χ3v) is 3.42. The highest BCUT2D eigenvalue weighted by molar-refractivity contribution is 6.01. The van der Waals surface area contributed by atoms with Gasteiger partial charge in [-0.25, -0.2) is 0 Å². The number of ether oxygens (including phenoxy) is 2. The predicted octanol–water partition coefficient (Wildman–Crippen LogP) is 1.36. The maximum absolute atomic E-state index is 12.1. The quantitative estimate of drug-likeness (QED) is 0.603. The Morgan fingerprint density at radius 2 is 2.38 bits per heavy atom. The molecule has 0 radical (unpaired) electrons. The highest BCUT2D eigenvalue weighted by Crippen LogP contribution is 2.34. The second kappa shape index (κ2) is 8.34. The average molecular weight is 330 g/mol. The number of amides is 1. The summed E-state index contributed by atoms with van der Waals surface area (Å²) in [6.07, 6.45) is 3.84. The second-order valence-corrected chi connectivity index (χ2v) is 5.81. The van der Waals surface area contributed by atoms with Crippen LogP contribution in [0.1, 0.15) is 12.0 Å². The van der Waals surface area contributed by atoms with Crippen LogP contribution in [0.5, 0.6) is 5.75 Å². The fourth-order valence-corrected chi connectivity index (χ4v) is 2.26. The molecule has 0 bridgehead atoms. The Morgan fingerprint density at radius 3 is 3.00 bits per heavy atom. The molecule has 1 aromatic carbocycles. The number of benzene rings is 1. The van der Waals surface area contributed by atoms with E-state index in [0.717, 1.165) is 6.42 Å². The summed E-state index contributed by atoms with van der Waals surface area (Å²) >= 11 is 0. The van der Waals surface area contributed by atoms with Crippen molar-refractivity contribution in [2.24, 2.45) is 0 Å². The lowest BCUT2D eigenvalue weighted by molar-refractivity contribution is -0.111. The van der Waals surface area contributed by atoms with Gasteiger partial charge in [-0.05, 0) is 26.2 Å². The van der Waals surface area contributed by atoms with Crippen LogP contribution in [-0.2, 0) is 9.53 Å². The molecule has 1 fully saturated rings. The van der Waals surface area contributed by atoms with Gasteiger partial charge < -0.3 is 25.4 Å². The Labute approximate surface area is 141 Å². The molecule has 3 N–H and O–H groups in total. The molecule has 0 saturated carbocycles. The second-order valence-electron chi connectivity index (χ2n) is 5.81. The van der Waals surface area contributed by atoms with Crippen molar-refractivity contribution in [1.82, 2.24) is 4.90 Å². The van der Waals surface area contributed by atoms with E-state index in [2.05, 4.69) is 5.32 Å². The number of nitrogens with two attached hydrogens (primary N) is 1. The SMILES string of the molecule is CN(C)CC=CC(=O)Nc1cc(C#N)cc(N)c1O[C@H]1CCOC1. The zero-order valence-corrected chi connectivity index (χ0v) is 13.9. The van der Waals surface area contributed by atoms with Gasteiger partial charge in [0.15, 0.2) is 5.75 Å². The molecule has 1 aliphatic heterocycles. The summed E-state index contributed by atoms with van der Waals surface area (Å²) in [6.45, 7) is 1.77. The lowest BCUT2D eigenvalue weighted by atomic mass is 10.1. The van der Waals surface area contributed by atoms with E-state index in [9.17, 15) is 4.79 Å². The number of carbonyl (C=O) groups is 1. The Kier molecular flexibility index (Phi) is 6.18. The van der Waals surface area contributed by atoms with E-state index in [1.807, 2.05) is 25.1 Å². The van der Waals surface area contributed by atoms with Crippen molar-refractivity contribution in [3.05, 3.63) is 29.8 Å². The molecule has 0 aromatic heterocycles. The van der Waals surface area contributed by atoms with Gasteiger partial charge in [0.2, 0.25) is 5.91 Å². The lowest BCUT2D eigenvalue weighted by Gasteiger charge is -2.18. The van der Waals surface area contributed by atoms with Crippen LogP contribution < -0.4 is 15.8 Å². The first-order chi connectivity index (χ1) is 11.5. The van der Waals surface area contributed by atoms with E-state index >= 15 is 0 Å². The summed E-state index contributed by atoms with van der Waals surface area (Å²) in [4.78, 5) is 14.0. The van der Waals surface area contributed by atoms with Crippen molar-refractivity contribution >= 4 is 17.3 Å². The summed E-state index contributed by atoms with van der Waals surface area (Å²) in [6, 6.07) is 5.11.